The molecule has 0 amide bonds. The maximum atomic E-state index is 5.92. The molecule has 1 aromatic carbocycles. The fraction of sp³-hybridized carbons (Fsp3) is 0.417. The quantitative estimate of drug-likeness (QED) is 0.796. The number of nitrogens with two attached hydrogens (primary N) is 1. The summed E-state index contributed by atoms with van der Waals surface area (Å²) in [6.45, 7) is 4.16. The van der Waals surface area contributed by atoms with E-state index in [1.807, 2.05) is 29.8 Å². The van der Waals surface area contributed by atoms with Gasteiger partial charge in [0, 0.05) is 11.3 Å². The second kappa shape index (κ2) is 3.29. The Kier molecular flexibility index (Phi) is 1.98. The average molecular weight is 229 g/mol. The number of nitrogens with zero attached hydrogens (tertiary/aromatic N) is 4. The van der Waals surface area contributed by atoms with Crippen LogP contribution in [-0.2, 0) is 5.54 Å². The van der Waals surface area contributed by atoms with Crippen LogP contribution in [-0.4, -0.2) is 20.2 Å². The first kappa shape index (κ1) is 10.3. The van der Waals surface area contributed by atoms with Gasteiger partial charge in [-0.1, -0.05) is 12.1 Å². The largest absolute Gasteiger partial charge is 0.398 e. The summed E-state index contributed by atoms with van der Waals surface area (Å²) in [4.78, 5) is 0. The van der Waals surface area contributed by atoms with Crippen LogP contribution >= 0.6 is 0 Å². The van der Waals surface area contributed by atoms with Crippen molar-refractivity contribution in [3.8, 4) is 11.4 Å². The van der Waals surface area contributed by atoms with E-state index in [1.165, 1.54) is 0 Å². The second-order valence-electron chi connectivity index (χ2n) is 4.98. The fourth-order valence-electron chi connectivity index (χ4n) is 1.90. The zero-order valence-electron chi connectivity index (χ0n) is 10.0. The van der Waals surface area contributed by atoms with Crippen molar-refractivity contribution in [2.24, 2.45) is 0 Å². The topological polar surface area (TPSA) is 69.6 Å². The van der Waals surface area contributed by atoms with Gasteiger partial charge >= 0.3 is 0 Å². The highest BCUT2D eigenvalue weighted by Crippen LogP contribution is 2.44. The van der Waals surface area contributed by atoms with Gasteiger partial charge in [0.15, 0.2) is 5.82 Å². The summed E-state index contributed by atoms with van der Waals surface area (Å²) in [7, 11) is 0. The lowest BCUT2D eigenvalue weighted by molar-refractivity contribution is 0.463. The van der Waals surface area contributed by atoms with Crippen LogP contribution in [0, 0.1) is 6.92 Å². The van der Waals surface area contributed by atoms with Crippen molar-refractivity contribution in [3.63, 3.8) is 0 Å². The van der Waals surface area contributed by atoms with E-state index in [-0.39, 0.29) is 5.54 Å². The molecule has 1 heterocycles. The smallest absolute Gasteiger partial charge is 0.182 e. The molecule has 0 spiro atoms. The molecule has 0 saturated heterocycles. The molecule has 88 valence electrons. The third-order valence-electron chi connectivity index (χ3n) is 3.49. The van der Waals surface area contributed by atoms with Crippen molar-refractivity contribution >= 4 is 5.69 Å². The number of anilines is 1. The number of benzene rings is 1. The number of rotatable bonds is 2. The van der Waals surface area contributed by atoms with Gasteiger partial charge in [-0.15, -0.1) is 5.10 Å². The number of nitrogen functional groups attached to an aromatic ring is 1. The van der Waals surface area contributed by atoms with Gasteiger partial charge in [0.05, 0.1) is 5.54 Å². The molecule has 1 saturated carbocycles. The molecule has 17 heavy (non-hydrogen) atoms. The molecule has 0 radical (unpaired) electrons. The summed E-state index contributed by atoms with van der Waals surface area (Å²) in [5.41, 5.74) is 8.85. The van der Waals surface area contributed by atoms with Crippen molar-refractivity contribution in [2.75, 3.05) is 5.73 Å². The summed E-state index contributed by atoms with van der Waals surface area (Å²) < 4.78 is 1.91. The van der Waals surface area contributed by atoms with Crippen LogP contribution in [0.3, 0.4) is 0 Å². The van der Waals surface area contributed by atoms with Gasteiger partial charge in [-0.05, 0) is 48.7 Å². The van der Waals surface area contributed by atoms with Gasteiger partial charge in [0.2, 0.25) is 0 Å². The minimum Gasteiger partial charge on any atom is -0.398 e. The van der Waals surface area contributed by atoms with E-state index in [4.69, 9.17) is 5.73 Å². The van der Waals surface area contributed by atoms with Crippen LogP contribution in [0.4, 0.5) is 5.69 Å². The molecular formula is C12H15N5. The zero-order chi connectivity index (χ0) is 12.0. The molecule has 0 aliphatic heterocycles. The maximum absolute atomic E-state index is 5.92. The zero-order valence-corrected chi connectivity index (χ0v) is 10.0. The van der Waals surface area contributed by atoms with Gasteiger partial charge in [-0.3, -0.25) is 0 Å². The number of hydrogen-bond donors (Lipinski definition) is 1. The lowest BCUT2D eigenvalue weighted by Gasteiger charge is -2.11. The van der Waals surface area contributed by atoms with Crippen molar-refractivity contribution in [1.82, 2.24) is 20.2 Å². The van der Waals surface area contributed by atoms with Crippen LogP contribution in [0.2, 0.25) is 0 Å². The van der Waals surface area contributed by atoms with E-state index in [2.05, 4.69) is 22.4 Å². The lowest BCUT2D eigenvalue weighted by Crippen LogP contribution is -2.15. The van der Waals surface area contributed by atoms with Crippen molar-refractivity contribution in [1.29, 1.82) is 0 Å². The molecule has 3 rings (SSSR count). The molecule has 1 aliphatic carbocycles. The van der Waals surface area contributed by atoms with Crippen LogP contribution in [0.15, 0.2) is 18.2 Å². The Bertz CT molecular complexity index is 568. The monoisotopic (exact) mass is 229 g/mol. The van der Waals surface area contributed by atoms with Crippen molar-refractivity contribution in [2.45, 2.75) is 32.2 Å². The van der Waals surface area contributed by atoms with Gasteiger partial charge < -0.3 is 5.73 Å². The summed E-state index contributed by atoms with van der Waals surface area (Å²) in [6, 6.07) is 5.95. The fourth-order valence-corrected chi connectivity index (χ4v) is 1.90. The Morgan fingerprint density at radius 2 is 2.12 bits per heavy atom. The van der Waals surface area contributed by atoms with E-state index in [1.54, 1.807) is 0 Å². The normalized spacial score (nSPS) is 17.1. The Balaban J connectivity index is 2.09. The SMILES string of the molecule is Cc1ccc(-c2nnnn2C2(C)CC2)cc1N. The lowest BCUT2D eigenvalue weighted by atomic mass is 10.1. The molecule has 2 N–H and O–H groups in total. The molecule has 0 unspecified atom stereocenters. The molecule has 1 aromatic heterocycles. The van der Waals surface area contributed by atoms with E-state index in [9.17, 15) is 0 Å². The first-order valence-electron chi connectivity index (χ1n) is 5.75. The maximum Gasteiger partial charge on any atom is 0.182 e. The minimum absolute atomic E-state index is 0.0957. The predicted molar refractivity (Wildman–Crippen MR) is 65.3 cm³/mol. The predicted octanol–water partition coefficient (Wildman–Crippen LogP) is 1.74. The average Bonchev–Trinajstić information content (AvgIpc) is 2.87. The van der Waals surface area contributed by atoms with Crippen molar-refractivity contribution in [3.05, 3.63) is 23.8 Å². The Morgan fingerprint density at radius 3 is 2.76 bits per heavy atom. The molecule has 1 fully saturated rings. The first-order valence-corrected chi connectivity index (χ1v) is 5.75. The molecule has 5 nitrogen and oxygen atoms in total. The summed E-state index contributed by atoms with van der Waals surface area (Å²) in [5.74, 6) is 0.802. The van der Waals surface area contributed by atoms with E-state index in [0.717, 1.165) is 35.5 Å². The van der Waals surface area contributed by atoms with Crippen LogP contribution in [0.5, 0.6) is 0 Å². The summed E-state index contributed by atoms with van der Waals surface area (Å²) >= 11 is 0. The van der Waals surface area contributed by atoms with Crippen LogP contribution in [0.25, 0.3) is 11.4 Å². The summed E-state index contributed by atoms with van der Waals surface area (Å²) in [6.07, 6.45) is 2.26. The molecule has 0 bridgehead atoms. The van der Waals surface area contributed by atoms with Crippen LogP contribution < -0.4 is 5.73 Å². The van der Waals surface area contributed by atoms with Crippen LogP contribution in [0.1, 0.15) is 25.3 Å². The minimum atomic E-state index is 0.0957. The standard InChI is InChI=1S/C12H15N5/c1-8-3-4-9(7-10(8)13)11-14-15-16-17(11)12(2)5-6-12/h3-4,7H,5-6,13H2,1-2H3. The highest BCUT2D eigenvalue weighted by atomic mass is 15.6. The van der Waals surface area contributed by atoms with Gasteiger partial charge in [0.1, 0.15) is 0 Å². The van der Waals surface area contributed by atoms with Gasteiger partial charge in [0.25, 0.3) is 0 Å². The Hall–Kier alpha value is -1.91. The van der Waals surface area contributed by atoms with E-state index < -0.39 is 0 Å². The Morgan fingerprint density at radius 1 is 1.35 bits per heavy atom. The molecule has 1 aliphatic rings. The first-order chi connectivity index (χ1) is 8.10. The second-order valence-corrected chi connectivity index (χ2v) is 4.98. The third-order valence-corrected chi connectivity index (χ3v) is 3.49. The van der Waals surface area contributed by atoms with Gasteiger partial charge in [-0.25, -0.2) is 4.68 Å². The molecular weight excluding hydrogens is 214 g/mol. The van der Waals surface area contributed by atoms with Crippen molar-refractivity contribution < 1.29 is 0 Å². The molecule has 5 heteroatoms. The van der Waals surface area contributed by atoms with E-state index in [0.29, 0.717) is 0 Å². The number of tetrazole rings is 1. The third kappa shape index (κ3) is 1.58. The highest BCUT2D eigenvalue weighted by Gasteiger charge is 2.42. The van der Waals surface area contributed by atoms with E-state index >= 15 is 0 Å². The number of hydrogen-bond acceptors (Lipinski definition) is 4. The number of aromatic nitrogens is 4. The molecule has 0 atom stereocenters. The number of aryl methyl sites for hydroxylation is 1. The highest BCUT2D eigenvalue weighted by molar-refractivity contribution is 5.63. The Labute approximate surface area is 99.6 Å². The molecule has 2 aromatic rings. The van der Waals surface area contributed by atoms with Gasteiger partial charge in [-0.2, -0.15) is 0 Å². The summed E-state index contributed by atoms with van der Waals surface area (Å²) in [5, 5.41) is 12.0.